The SMILES string of the molecule is CCOc1cc(/C=N\NC(=O)Cc2ccc(OC)cc2)ccc1OC. The Kier molecular flexibility index (Phi) is 6.83. The highest BCUT2D eigenvalue weighted by Crippen LogP contribution is 2.27. The van der Waals surface area contributed by atoms with E-state index in [0.29, 0.717) is 18.1 Å². The van der Waals surface area contributed by atoms with Gasteiger partial charge in [-0.2, -0.15) is 5.10 Å². The Labute approximate surface area is 147 Å². The molecule has 6 nitrogen and oxygen atoms in total. The standard InChI is InChI=1S/C19H22N2O4/c1-4-25-18-11-15(7-10-17(18)24-3)13-20-21-19(22)12-14-5-8-16(23-2)9-6-14/h5-11,13H,4,12H2,1-3H3,(H,21,22)/b20-13-. The number of hydrogen-bond acceptors (Lipinski definition) is 5. The molecule has 0 heterocycles. The largest absolute Gasteiger partial charge is 0.497 e. The van der Waals surface area contributed by atoms with Gasteiger partial charge < -0.3 is 14.2 Å². The van der Waals surface area contributed by atoms with Gasteiger partial charge in [-0.05, 0) is 48.4 Å². The molecule has 0 aliphatic heterocycles. The molecule has 0 aliphatic rings. The monoisotopic (exact) mass is 342 g/mol. The van der Waals surface area contributed by atoms with Crippen LogP contribution in [0.4, 0.5) is 0 Å². The molecule has 0 atom stereocenters. The number of ether oxygens (including phenoxy) is 3. The predicted octanol–water partition coefficient (Wildman–Crippen LogP) is 2.80. The lowest BCUT2D eigenvalue weighted by Crippen LogP contribution is -2.19. The number of amides is 1. The molecular formula is C19H22N2O4. The van der Waals surface area contributed by atoms with E-state index in [0.717, 1.165) is 16.9 Å². The van der Waals surface area contributed by atoms with E-state index in [1.807, 2.05) is 43.3 Å². The fraction of sp³-hybridized carbons (Fsp3) is 0.263. The van der Waals surface area contributed by atoms with Gasteiger partial charge in [0, 0.05) is 0 Å². The maximum absolute atomic E-state index is 11.9. The predicted molar refractivity (Wildman–Crippen MR) is 96.6 cm³/mol. The Bertz CT molecular complexity index is 727. The van der Waals surface area contributed by atoms with E-state index in [9.17, 15) is 4.79 Å². The van der Waals surface area contributed by atoms with Gasteiger partial charge in [0.2, 0.25) is 5.91 Å². The molecule has 2 rings (SSSR count). The van der Waals surface area contributed by atoms with Crippen molar-refractivity contribution >= 4 is 12.1 Å². The van der Waals surface area contributed by atoms with Gasteiger partial charge in [-0.25, -0.2) is 5.43 Å². The second-order valence-corrected chi connectivity index (χ2v) is 5.16. The van der Waals surface area contributed by atoms with E-state index < -0.39 is 0 Å². The van der Waals surface area contributed by atoms with Crippen LogP contribution in [-0.2, 0) is 11.2 Å². The van der Waals surface area contributed by atoms with E-state index in [4.69, 9.17) is 14.2 Å². The molecule has 0 spiro atoms. The highest BCUT2D eigenvalue weighted by Gasteiger charge is 2.05. The smallest absolute Gasteiger partial charge is 0.244 e. The fourth-order valence-corrected chi connectivity index (χ4v) is 2.19. The lowest BCUT2D eigenvalue weighted by atomic mass is 10.1. The molecule has 2 aromatic rings. The highest BCUT2D eigenvalue weighted by molar-refractivity contribution is 5.84. The van der Waals surface area contributed by atoms with Crippen molar-refractivity contribution in [3.05, 3.63) is 53.6 Å². The number of hydrogen-bond donors (Lipinski definition) is 1. The minimum atomic E-state index is -0.194. The van der Waals surface area contributed by atoms with Crippen LogP contribution in [0.5, 0.6) is 17.2 Å². The van der Waals surface area contributed by atoms with Crippen molar-refractivity contribution in [3.63, 3.8) is 0 Å². The van der Waals surface area contributed by atoms with Crippen molar-refractivity contribution in [2.45, 2.75) is 13.3 Å². The summed E-state index contributed by atoms with van der Waals surface area (Å²) in [5, 5.41) is 3.98. The topological polar surface area (TPSA) is 69.2 Å². The number of nitrogens with one attached hydrogen (secondary N) is 1. The Morgan fingerprint density at radius 3 is 2.48 bits per heavy atom. The molecule has 0 radical (unpaired) electrons. The molecule has 0 unspecified atom stereocenters. The number of nitrogens with zero attached hydrogens (tertiary/aromatic N) is 1. The summed E-state index contributed by atoms with van der Waals surface area (Å²) in [6.07, 6.45) is 1.81. The van der Waals surface area contributed by atoms with Gasteiger partial charge in [0.15, 0.2) is 11.5 Å². The Morgan fingerprint density at radius 1 is 1.08 bits per heavy atom. The molecule has 0 saturated heterocycles. The first-order chi connectivity index (χ1) is 12.2. The van der Waals surface area contributed by atoms with E-state index in [-0.39, 0.29) is 12.3 Å². The third kappa shape index (κ3) is 5.53. The molecule has 1 N–H and O–H groups in total. The molecule has 0 fully saturated rings. The maximum Gasteiger partial charge on any atom is 0.244 e. The number of carbonyl (C=O) groups excluding carboxylic acids is 1. The number of methoxy groups -OCH3 is 2. The minimum Gasteiger partial charge on any atom is -0.497 e. The van der Waals surface area contributed by atoms with Gasteiger partial charge in [-0.15, -0.1) is 0 Å². The molecule has 0 aromatic heterocycles. The quantitative estimate of drug-likeness (QED) is 0.592. The molecule has 25 heavy (non-hydrogen) atoms. The first-order valence-electron chi connectivity index (χ1n) is 7.92. The van der Waals surface area contributed by atoms with Crippen molar-refractivity contribution in [2.24, 2.45) is 5.10 Å². The van der Waals surface area contributed by atoms with E-state index in [1.165, 1.54) is 0 Å². The third-order valence-corrected chi connectivity index (χ3v) is 3.41. The Morgan fingerprint density at radius 2 is 1.84 bits per heavy atom. The van der Waals surface area contributed by atoms with Gasteiger partial charge in [0.1, 0.15) is 5.75 Å². The lowest BCUT2D eigenvalue weighted by Gasteiger charge is -2.09. The summed E-state index contributed by atoms with van der Waals surface area (Å²) in [5.74, 6) is 1.85. The summed E-state index contributed by atoms with van der Waals surface area (Å²) < 4.78 is 15.8. The van der Waals surface area contributed by atoms with Gasteiger partial charge >= 0.3 is 0 Å². The van der Waals surface area contributed by atoms with Crippen molar-refractivity contribution in [2.75, 3.05) is 20.8 Å². The summed E-state index contributed by atoms with van der Waals surface area (Å²) in [5.41, 5.74) is 4.20. The Hall–Kier alpha value is -3.02. The van der Waals surface area contributed by atoms with Gasteiger partial charge in [-0.3, -0.25) is 4.79 Å². The lowest BCUT2D eigenvalue weighted by molar-refractivity contribution is -0.120. The van der Waals surface area contributed by atoms with Crippen LogP contribution >= 0.6 is 0 Å². The molecule has 6 heteroatoms. The van der Waals surface area contributed by atoms with Crippen molar-refractivity contribution in [3.8, 4) is 17.2 Å². The summed E-state index contributed by atoms with van der Waals surface area (Å²) in [4.78, 5) is 11.9. The normalized spacial score (nSPS) is 10.5. The van der Waals surface area contributed by atoms with E-state index >= 15 is 0 Å². The van der Waals surface area contributed by atoms with Crippen LogP contribution in [0.15, 0.2) is 47.6 Å². The average Bonchev–Trinajstić information content (AvgIpc) is 2.63. The highest BCUT2D eigenvalue weighted by atomic mass is 16.5. The van der Waals surface area contributed by atoms with Crippen molar-refractivity contribution in [1.82, 2.24) is 5.43 Å². The fourth-order valence-electron chi connectivity index (χ4n) is 2.19. The first-order valence-corrected chi connectivity index (χ1v) is 7.92. The second kappa shape index (κ2) is 9.32. The third-order valence-electron chi connectivity index (χ3n) is 3.41. The maximum atomic E-state index is 11.9. The molecule has 1 amide bonds. The zero-order chi connectivity index (χ0) is 18.1. The molecule has 0 bridgehead atoms. The minimum absolute atomic E-state index is 0.194. The number of benzene rings is 2. The summed E-state index contributed by atoms with van der Waals surface area (Å²) in [6, 6.07) is 12.8. The molecule has 0 saturated carbocycles. The molecule has 2 aromatic carbocycles. The summed E-state index contributed by atoms with van der Waals surface area (Å²) >= 11 is 0. The summed E-state index contributed by atoms with van der Waals surface area (Å²) in [7, 11) is 3.19. The van der Waals surface area contributed by atoms with Gasteiger partial charge in [0.05, 0.1) is 33.5 Å². The van der Waals surface area contributed by atoms with Crippen molar-refractivity contribution in [1.29, 1.82) is 0 Å². The van der Waals surface area contributed by atoms with Crippen LogP contribution in [0.1, 0.15) is 18.1 Å². The average molecular weight is 342 g/mol. The number of rotatable bonds is 8. The van der Waals surface area contributed by atoms with Crippen molar-refractivity contribution < 1.29 is 19.0 Å². The second-order valence-electron chi connectivity index (χ2n) is 5.16. The van der Waals surface area contributed by atoms with Gasteiger partial charge in [0.25, 0.3) is 0 Å². The van der Waals surface area contributed by atoms with Crippen LogP contribution in [0.25, 0.3) is 0 Å². The Balaban J connectivity index is 1.93. The number of carbonyl (C=O) groups is 1. The zero-order valence-corrected chi connectivity index (χ0v) is 14.6. The van der Waals surface area contributed by atoms with Crippen LogP contribution < -0.4 is 19.6 Å². The number of hydrazone groups is 1. The van der Waals surface area contributed by atoms with Crippen LogP contribution in [0, 0.1) is 0 Å². The van der Waals surface area contributed by atoms with Crippen LogP contribution in [0.3, 0.4) is 0 Å². The van der Waals surface area contributed by atoms with Gasteiger partial charge in [-0.1, -0.05) is 12.1 Å². The summed E-state index contributed by atoms with van der Waals surface area (Å²) in [6.45, 7) is 2.44. The molecular weight excluding hydrogens is 320 g/mol. The first kappa shape index (κ1) is 18.3. The van der Waals surface area contributed by atoms with E-state index in [2.05, 4.69) is 10.5 Å². The van der Waals surface area contributed by atoms with E-state index in [1.54, 1.807) is 26.5 Å². The van der Waals surface area contributed by atoms with Crippen LogP contribution in [-0.4, -0.2) is 32.9 Å². The molecule has 0 aliphatic carbocycles. The van der Waals surface area contributed by atoms with Crippen LogP contribution in [0.2, 0.25) is 0 Å². The zero-order valence-electron chi connectivity index (χ0n) is 14.6. The molecule has 132 valence electrons.